The number of carbonyl (C=O) groups is 1. The van der Waals surface area contributed by atoms with E-state index in [4.69, 9.17) is 11.6 Å². The van der Waals surface area contributed by atoms with Crippen LogP contribution >= 0.6 is 11.6 Å². The Balaban J connectivity index is 1.59. The van der Waals surface area contributed by atoms with E-state index in [0.29, 0.717) is 11.6 Å². The summed E-state index contributed by atoms with van der Waals surface area (Å²) in [5.74, 6) is -0.0909. The van der Waals surface area contributed by atoms with Crippen molar-refractivity contribution in [3.05, 3.63) is 45.5 Å². The molecule has 0 saturated heterocycles. The summed E-state index contributed by atoms with van der Waals surface area (Å²) in [5, 5.41) is 7.80. The molecule has 2 heterocycles. The highest BCUT2D eigenvalue weighted by Crippen LogP contribution is 2.20. The molecule has 0 bridgehead atoms. The number of carbonyl (C=O) groups excluding carboxylic acids is 1. The van der Waals surface area contributed by atoms with Gasteiger partial charge >= 0.3 is 0 Å². The van der Waals surface area contributed by atoms with E-state index in [1.54, 1.807) is 4.68 Å². The van der Waals surface area contributed by atoms with Crippen molar-refractivity contribution in [1.82, 2.24) is 20.1 Å². The summed E-state index contributed by atoms with van der Waals surface area (Å²) in [4.78, 5) is 16.8. The minimum absolute atomic E-state index is 0.0909. The average molecular weight is 333 g/mol. The van der Waals surface area contributed by atoms with Gasteiger partial charge in [0, 0.05) is 5.69 Å². The van der Waals surface area contributed by atoms with Crippen LogP contribution in [0.1, 0.15) is 41.2 Å². The summed E-state index contributed by atoms with van der Waals surface area (Å²) in [6.07, 6.45) is 4.61. The summed E-state index contributed by atoms with van der Waals surface area (Å²) in [6.45, 7) is 4.31. The molecule has 0 aromatic carbocycles. The fraction of sp³-hybridized carbons (Fsp3) is 0.471. The minimum Gasteiger partial charge on any atom is -0.349 e. The van der Waals surface area contributed by atoms with Gasteiger partial charge in [-0.3, -0.25) is 14.5 Å². The Morgan fingerprint density at radius 3 is 2.83 bits per heavy atom. The van der Waals surface area contributed by atoms with Crippen LogP contribution in [0, 0.1) is 13.8 Å². The monoisotopic (exact) mass is 332 g/mol. The molecular formula is C17H21ClN4O. The van der Waals surface area contributed by atoms with Crippen LogP contribution in [0.15, 0.2) is 12.1 Å². The topological polar surface area (TPSA) is 59.8 Å². The number of aryl methyl sites for hydroxylation is 3. The number of nitrogens with zero attached hydrogens (tertiary/aromatic N) is 3. The second kappa shape index (κ2) is 6.71. The SMILES string of the molecule is Cc1nn(CC(=O)NCc2ccc3c(n2)CCCC3)c(C)c1Cl. The van der Waals surface area contributed by atoms with Gasteiger partial charge in [0.1, 0.15) is 6.54 Å². The fourth-order valence-corrected chi connectivity index (χ4v) is 3.07. The second-order valence-corrected chi connectivity index (χ2v) is 6.41. The van der Waals surface area contributed by atoms with Gasteiger partial charge in [-0.05, 0) is 51.2 Å². The van der Waals surface area contributed by atoms with Crippen LogP contribution in [-0.2, 0) is 30.7 Å². The molecule has 3 rings (SSSR count). The molecule has 0 radical (unpaired) electrons. The first kappa shape index (κ1) is 16.0. The summed E-state index contributed by atoms with van der Waals surface area (Å²) in [5.41, 5.74) is 5.00. The van der Waals surface area contributed by atoms with E-state index in [1.165, 1.54) is 24.1 Å². The Morgan fingerprint density at radius 1 is 1.30 bits per heavy atom. The Hall–Kier alpha value is -1.88. The van der Waals surface area contributed by atoms with Gasteiger partial charge in [0.25, 0.3) is 0 Å². The van der Waals surface area contributed by atoms with Crippen molar-refractivity contribution in [2.24, 2.45) is 0 Å². The molecule has 122 valence electrons. The van der Waals surface area contributed by atoms with Crippen molar-refractivity contribution in [1.29, 1.82) is 0 Å². The Morgan fingerprint density at radius 2 is 2.09 bits per heavy atom. The van der Waals surface area contributed by atoms with Crippen LogP contribution in [0.4, 0.5) is 0 Å². The van der Waals surface area contributed by atoms with Crippen molar-refractivity contribution in [3.8, 4) is 0 Å². The number of hydrogen-bond donors (Lipinski definition) is 1. The van der Waals surface area contributed by atoms with E-state index >= 15 is 0 Å². The molecule has 1 aliphatic rings. The molecular weight excluding hydrogens is 312 g/mol. The van der Waals surface area contributed by atoms with Gasteiger partial charge in [0.05, 0.1) is 28.6 Å². The molecule has 6 heteroatoms. The van der Waals surface area contributed by atoms with Crippen molar-refractivity contribution in [2.75, 3.05) is 0 Å². The maximum absolute atomic E-state index is 12.1. The minimum atomic E-state index is -0.0909. The molecule has 0 unspecified atom stereocenters. The summed E-state index contributed by atoms with van der Waals surface area (Å²) in [6, 6.07) is 4.15. The summed E-state index contributed by atoms with van der Waals surface area (Å²) < 4.78 is 1.63. The lowest BCUT2D eigenvalue weighted by molar-refractivity contribution is -0.122. The third kappa shape index (κ3) is 3.55. The first-order chi connectivity index (χ1) is 11.0. The molecule has 1 N–H and O–H groups in total. The lowest BCUT2D eigenvalue weighted by Crippen LogP contribution is -2.28. The van der Waals surface area contributed by atoms with Crippen LogP contribution in [0.25, 0.3) is 0 Å². The maximum atomic E-state index is 12.1. The third-order valence-corrected chi connectivity index (χ3v) is 4.84. The Labute approximate surface area is 141 Å². The molecule has 0 aliphatic heterocycles. The predicted octanol–water partition coefficient (Wildman–Crippen LogP) is 2.74. The van der Waals surface area contributed by atoms with Crippen molar-refractivity contribution >= 4 is 17.5 Å². The van der Waals surface area contributed by atoms with E-state index in [0.717, 1.165) is 29.9 Å². The molecule has 2 aromatic heterocycles. The fourth-order valence-electron chi connectivity index (χ4n) is 2.94. The van der Waals surface area contributed by atoms with Crippen molar-refractivity contribution in [3.63, 3.8) is 0 Å². The molecule has 23 heavy (non-hydrogen) atoms. The first-order valence-corrected chi connectivity index (χ1v) is 8.36. The third-order valence-electron chi connectivity index (χ3n) is 4.29. The van der Waals surface area contributed by atoms with Gasteiger partial charge in [-0.2, -0.15) is 5.10 Å². The highest BCUT2D eigenvalue weighted by atomic mass is 35.5. The van der Waals surface area contributed by atoms with Crippen LogP contribution in [0.2, 0.25) is 5.02 Å². The molecule has 0 saturated carbocycles. The predicted molar refractivity (Wildman–Crippen MR) is 89.4 cm³/mol. The number of aromatic nitrogens is 3. The van der Waals surface area contributed by atoms with Gasteiger partial charge in [0.15, 0.2) is 0 Å². The Bertz CT molecular complexity index is 738. The van der Waals surface area contributed by atoms with E-state index in [9.17, 15) is 4.79 Å². The zero-order chi connectivity index (χ0) is 16.4. The number of hydrogen-bond acceptors (Lipinski definition) is 3. The average Bonchev–Trinajstić information content (AvgIpc) is 2.80. The summed E-state index contributed by atoms with van der Waals surface area (Å²) in [7, 11) is 0. The van der Waals surface area contributed by atoms with E-state index in [-0.39, 0.29) is 12.5 Å². The van der Waals surface area contributed by atoms with Crippen molar-refractivity contribution < 1.29 is 4.79 Å². The first-order valence-electron chi connectivity index (χ1n) is 7.98. The number of fused-ring (bicyclic) bond motifs is 1. The summed E-state index contributed by atoms with van der Waals surface area (Å²) >= 11 is 6.10. The van der Waals surface area contributed by atoms with E-state index in [1.807, 2.05) is 19.9 Å². The van der Waals surface area contributed by atoms with Crippen LogP contribution in [0.3, 0.4) is 0 Å². The molecule has 1 aliphatic carbocycles. The zero-order valence-electron chi connectivity index (χ0n) is 13.5. The lowest BCUT2D eigenvalue weighted by Gasteiger charge is -2.15. The van der Waals surface area contributed by atoms with Gasteiger partial charge < -0.3 is 5.32 Å². The maximum Gasteiger partial charge on any atom is 0.242 e. The van der Waals surface area contributed by atoms with Gasteiger partial charge in [-0.25, -0.2) is 0 Å². The van der Waals surface area contributed by atoms with Gasteiger partial charge in [-0.15, -0.1) is 0 Å². The molecule has 1 amide bonds. The Kier molecular flexibility index (Phi) is 4.66. The second-order valence-electron chi connectivity index (χ2n) is 6.03. The number of rotatable bonds is 4. The zero-order valence-corrected chi connectivity index (χ0v) is 14.3. The lowest BCUT2D eigenvalue weighted by atomic mass is 9.96. The smallest absolute Gasteiger partial charge is 0.242 e. The van der Waals surface area contributed by atoms with Crippen LogP contribution in [0.5, 0.6) is 0 Å². The normalized spacial score (nSPS) is 13.7. The van der Waals surface area contributed by atoms with Crippen LogP contribution in [-0.4, -0.2) is 20.7 Å². The van der Waals surface area contributed by atoms with E-state index in [2.05, 4.69) is 21.5 Å². The highest BCUT2D eigenvalue weighted by Gasteiger charge is 2.13. The number of pyridine rings is 1. The molecule has 2 aromatic rings. The van der Waals surface area contributed by atoms with Crippen molar-refractivity contribution in [2.45, 2.75) is 52.6 Å². The van der Waals surface area contributed by atoms with Gasteiger partial charge in [0.2, 0.25) is 5.91 Å². The molecule has 0 atom stereocenters. The molecule has 0 fully saturated rings. The largest absolute Gasteiger partial charge is 0.349 e. The number of amides is 1. The standard InChI is InChI=1S/C17H21ClN4O/c1-11-17(18)12(2)22(21-11)10-16(23)19-9-14-8-7-13-5-3-4-6-15(13)20-14/h7-8H,3-6,9-10H2,1-2H3,(H,19,23). The number of nitrogens with one attached hydrogen (secondary N) is 1. The van der Waals surface area contributed by atoms with Gasteiger partial charge in [-0.1, -0.05) is 17.7 Å². The quantitative estimate of drug-likeness (QED) is 0.936. The van der Waals surface area contributed by atoms with E-state index < -0.39 is 0 Å². The molecule has 0 spiro atoms. The van der Waals surface area contributed by atoms with Crippen LogP contribution < -0.4 is 5.32 Å². The molecule has 5 nitrogen and oxygen atoms in total. The highest BCUT2D eigenvalue weighted by molar-refractivity contribution is 6.31. The number of halogens is 1.